The second-order valence-electron chi connectivity index (χ2n) is 6.01. The van der Waals surface area contributed by atoms with Gasteiger partial charge in [-0.05, 0) is 46.3 Å². The summed E-state index contributed by atoms with van der Waals surface area (Å²) >= 11 is 0. The Balaban J connectivity index is 2.97. The highest BCUT2D eigenvalue weighted by molar-refractivity contribution is 4.79. The topological polar surface area (TPSA) is 3.24 Å². The van der Waals surface area contributed by atoms with E-state index in [2.05, 4.69) is 38.1 Å². The van der Waals surface area contributed by atoms with Crippen LogP contribution >= 0.6 is 0 Å². The zero-order valence-corrected chi connectivity index (χ0v) is 13.8. The molecule has 0 saturated heterocycles. The number of rotatable bonds is 14. The minimum Gasteiger partial charge on any atom is -0.309 e. The lowest BCUT2D eigenvalue weighted by atomic mass is 10.1. The molecule has 0 unspecified atom stereocenters. The molecule has 0 aliphatic rings. The van der Waals surface area contributed by atoms with Crippen molar-refractivity contribution in [3.8, 4) is 0 Å². The largest absolute Gasteiger partial charge is 0.309 e. The molecule has 0 amide bonds. The fourth-order valence-electron chi connectivity index (χ4n) is 2.39. The van der Waals surface area contributed by atoms with E-state index < -0.39 is 0 Å². The first-order valence-electron chi connectivity index (χ1n) is 8.57. The maximum atomic E-state index is 2.34. The predicted molar refractivity (Wildman–Crippen MR) is 88.8 cm³/mol. The number of hydrogen-bond donors (Lipinski definition) is 0. The Kier molecular flexibility index (Phi) is 15.5. The first-order valence-corrected chi connectivity index (χ1v) is 8.57. The number of nitrogens with zero attached hydrogens (tertiary/aromatic N) is 1. The van der Waals surface area contributed by atoms with Crippen LogP contribution in [0, 0.1) is 0 Å². The van der Waals surface area contributed by atoms with Crippen LogP contribution in [0.25, 0.3) is 0 Å². The molecule has 0 atom stereocenters. The molecule has 0 heterocycles. The SMILES string of the molecule is CC/C=C/CCCCCCCCCCCCN(C)C. The Morgan fingerprint density at radius 2 is 1.11 bits per heavy atom. The van der Waals surface area contributed by atoms with E-state index in [1.807, 2.05) is 0 Å². The summed E-state index contributed by atoms with van der Waals surface area (Å²) in [6.07, 6.45) is 21.4. The van der Waals surface area contributed by atoms with Gasteiger partial charge in [0.1, 0.15) is 0 Å². The molecule has 0 fully saturated rings. The lowest BCUT2D eigenvalue weighted by Crippen LogP contribution is -2.12. The quantitative estimate of drug-likeness (QED) is 0.284. The van der Waals surface area contributed by atoms with E-state index in [1.165, 1.54) is 83.6 Å². The van der Waals surface area contributed by atoms with E-state index >= 15 is 0 Å². The van der Waals surface area contributed by atoms with E-state index in [-0.39, 0.29) is 0 Å². The monoisotopic (exact) mass is 267 g/mol. The average Bonchev–Trinajstić information content (AvgIpc) is 2.39. The summed E-state index contributed by atoms with van der Waals surface area (Å²) in [5.74, 6) is 0. The minimum absolute atomic E-state index is 1.19. The van der Waals surface area contributed by atoms with Crippen LogP contribution in [0.4, 0.5) is 0 Å². The fraction of sp³-hybridized carbons (Fsp3) is 0.889. The first kappa shape index (κ1) is 18.7. The van der Waals surface area contributed by atoms with Gasteiger partial charge in [-0.15, -0.1) is 0 Å². The van der Waals surface area contributed by atoms with Crippen molar-refractivity contribution < 1.29 is 0 Å². The van der Waals surface area contributed by atoms with Gasteiger partial charge in [0.2, 0.25) is 0 Å². The predicted octanol–water partition coefficient (Wildman–Crippen LogP) is 5.81. The molecule has 19 heavy (non-hydrogen) atoms. The van der Waals surface area contributed by atoms with Crippen LogP contribution < -0.4 is 0 Å². The zero-order valence-electron chi connectivity index (χ0n) is 13.8. The highest BCUT2D eigenvalue weighted by Gasteiger charge is 1.94. The number of unbranched alkanes of at least 4 members (excludes halogenated alkanes) is 10. The second-order valence-corrected chi connectivity index (χ2v) is 6.01. The zero-order chi connectivity index (χ0) is 14.2. The highest BCUT2D eigenvalue weighted by atomic mass is 15.0. The van der Waals surface area contributed by atoms with Gasteiger partial charge in [0.15, 0.2) is 0 Å². The Labute approximate surface area is 122 Å². The van der Waals surface area contributed by atoms with Crippen LogP contribution in [-0.4, -0.2) is 25.5 Å². The summed E-state index contributed by atoms with van der Waals surface area (Å²) in [5.41, 5.74) is 0. The minimum atomic E-state index is 1.19. The normalized spacial score (nSPS) is 11.8. The van der Waals surface area contributed by atoms with Gasteiger partial charge in [-0.25, -0.2) is 0 Å². The molecule has 114 valence electrons. The molecule has 0 aromatic rings. The van der Waals surface area contributed by atoms with Gasteiger partial charge < -0.3 is 4.90 Å². The Morgan fingerprint density at radius 1 is 0.632 bits per heavy atom. The Hall–Kier alpha value is -0.300. The molecule has 0 radical (unpaired) electrons. The number of allylic oxidation sites excluding steroid dienone is 2. The van der Waals surface area contributed by atoms with Crippen molar-refractivity contribution in [2.24, 2.45) is 0 Å². The molecule has 0 aliphatic heterocycles. The van der Waals surface area contributed by atoms with Crippen LogP contribution in [0.5, 0.6) is 0 Å². The van der Waals surface area contributed by atoms with Gasteiger partial charge in [-0.2, -0.15) is 0 Å². The third-order valence-electron chi connectivity index (χ3n) is 3.63. The molecule has 1 heteroatoms. The van der Waals surface area contributed by atoms with Crippen LogP contribution in [0.3, 0.4) is 0 Å². The summed E-state index contributed by atoms with van der Waals surface area (Å²) in [6, 6.07) is 0. The molecule has 0 rings (SSSR count). The molecular formula is C18H37N. The van der Waals surface area contributed by atoms with E-state index in [0.29, 0.717) is 0 Å². The van der Waals surface area contributed by atoms with E-state index in [0.717, 1.165) is 0 Å². The highest BCUT2D eigenvalue weighted by Crippen LogP contribution is 2.11. The van der Waals surface area contributed by atoms with Crippen molar-refractivity contribution in [3.63, 3.8) is 0 Å². The summed E-state index contributed by atoms with van der Waals surface area (Å²) in [7, 11) is 4.33. The van der Waals surface area contributed by atoms with E-state index in [4.69, 9.17) is 0 Å². The maximum absolute atomic E-state index is 2.34. The maximum Gasteiger partial charge on any atom is -0.00248 e. The summed E-state index contributed by atoms with van der Waals surface area (Å²) in [4.78, 5) is 2.29. The summed E-state index contributed by atoms with van der Waals surface area (Å²) in [6.45, 7) is 3.46. The van der Waals surface area contributed by atoms with E-state index in [9.17, 15) is 0 Å². The van der Waals surface area contributed by atoms with Crippen LogP contribution in [0.1, 0.15) is 84.0 Å². The Bertz CT molecular complexity index is 184. The van der Waals surface area contributed by atoms with Crippen molar-refractivity contribution in [3.05, 3.63) is 12.2 Å². The van der Waals surface area contributed by atoms with Crippen LogP contribution in [0.15, 0.2) is 12.2 Å². The molecule has 1 nitrogen and oxygen atoms in total. The van der Waals surface area contributed by atoms with E-state index in [1.54, 1.807) is 0 Å². The van der Waals surface area contributed by atoms with Gasteiger partial charge in [0, 0.05) is 0 Å². The average molecular weight is 268 g/mol. The standard InChI is InChI=1S/C18H37N/c1-4-5-6-7-8-9-10-11-12-13-14-15-16-17-18-19(2)3/h5-6H,4,7-18H2,1-3H3/b6-5+. The third-order valence-corrected chi connectivity index (χ3v) is 3.63. The van der Waals surface area contributed by atoms with Crippen molar-refractivity contribution in [2.75, 3.05) is 20.6 Å². The van der Waals surface area contributed by atoms with Gasteiger partial charge in [-0.1, -0.05) is 70.4 Å². The molecule has 0 aromatic heterocycles. The molecule has 0 aromatic carbocycles. The molecule has 0 bridgehead atoms. The number of hydrogen-bond acceptors (Lipinski definition) is 1. The van der Waals surface area contributed by atoms with Gasteiger partial charge in [0.25, 0.3) is 0 Å². The lowest BCUT2D eigenvalue weighted by Gasteiger charge is -2.08. The van der Waals surface area contributed by atoms with Crippen LogP contribution in [-0.2, 0) is 0 Å². The van der Waals surface area contributed by atoms with Crippen molar-refractivity contribution in [1.29, 1.82) is 0 Å². The van der Waals surface area contributed by atoms with Gasteiger partial charge in [0.05, 0.1) is 0 Å². The second kappa shape index (κ2) is 15.8. The molecule has 0 saturated carbocycles. The molecule has 0 spiro atoms. The fourth-order valence-corrected chi connectivity index (χ4v) is 2.39. The first-order chi connectivity index (χ1) is 9.27. The molecule has 0 N–H and O–H groups in total. The summed E-state index contributed by atoms with van der Waals surface area (Å²) in [5, 5.41) is 0. The summed E-state index contributed by atoms with van der Waals surface area (Å²) < 4.78 is 0. The van der Waals surface area contributed by atoms with Gasteiger partial charge >= 0.3 is 0 Å². The van der Waals surface area contributed by atoms with Crippen molar-refractivity contribution >= 4 is 0 Å². The van der Waals surface area contributed by atoms with Gasteiger partial charge in [-0.3, -0.25) is 0 Å². The van der Waals surface area contributed by atoms with Crippen molar-refractivity contribution in [1.82, 2.24) is 4.90 Å². The van der Waals surface area contributed by atoms with Crippen LogP contribution in [0.2, 0.25) is 0 Å². The molecule has 0 aliphatic carbocycles. The lowest BCUT2D eigenvalue weighted by molar-refractivity contribution is 0.389. The van der Waals surface area contributed by atoms with Crippen molar-refractivity contribution in [2.45, 2.75) is 84.0 Å². The Morgan fingerprint density at radius 3 is 1.58 bits per heavy atom. The third kappa shape index (κ3) is 17.7. The smallest absolute Gasteiger partial charge is 0.00248 e. The molecular weight excluding hydrogens is 230 g/mol.